The molecular weight excluding hydrogens is 360 g/mol. The predicted octanol–water partition coefficient (Wildman–Crippen LogP) is 2.34. The zero-order chi connectivity index (χ0) is 17.2. The van der Waals surface area contributed by atoms with Crippen molar-refractivity contribution in [3.63, 3.8) is 0 Å². The van der Waals surface area contributed by atoms with Crippen LogP contribution in [0, 0.1) is 11.8 Å². The fourth-order valence-corrected chi connectivity index (χ4v) is 5.89. The van der Waals surface area contributed by atoms with Crippen LogP contribution >= 0.6 is 24.2 Å². The fraction of sp³-hybridized carbons (Fsp3) is 0.611. The van der Waals surface area contributed by atoms with Crippen LogP contribution in [0.15, 0.2) is 29.3 Å². The number of rotatable bonds is 6. The van der Waals surface area contributed by atoms with E-state index < -0.39 is 5.92 Å². The quantitative estimate of drug-likeness (QED) is 0.711. The van der Waals surface area contributed by atoms with Gasteiger partial charge in [0.15, 0.2) is 0 Å². The van der Waals surface area contributed by atoms with Crippen molar-refractivity contribution in [2.45, 2.75) is 36.2 Å². The van der Waals surface area contributed by atoms with Gasteiger partial charge in [-0.2, -0.15) is 0 Å². The maximum Gasteiger partial charge on any atom is 0.310 e. The SMILES string of the molecule is CCOC(=O)C1C(C(=O)CCCN)SC23C=CC=CC2=NCCC13.Cl. The Balaban J connectivity index is 0.00000225. The van der Waals surface area contributed by atoms with Gasteiger partial charge in [0.1, 0.15) is 5.78 Å². The Labute approximate surface area is 158 Å². The molecule has 0 aromatic carbocycles. The maximum absolute atomic E-state index is 12.8. The van der Waals surface area contributed by atoms with Crippen LogP contribution in [0.3, 0.4) is 0 Å². The number of thioether (sulfide) groups is 1. The Morgan fingerprint density at radius 2 is 2.24 bits per heavy atom. The van der Waals surface area contributed by atoms with Gasteiger partial charge in [-0.25, -0.2) is 0 Å². The largest absolute Gasteiger partial charge is 0.466 e. The molecule has 0 saturated carbocycles. The molecule has 25 heavy (non-hydrogen) atoms. The summed E-state index contributed by atoms with van der Waals surface area (Å²) in [7, 11) is 0. The summed E-state index contributed by atoms with van der Waals surface area (Å²) in [4.78, 5) is 30.1. The minimum absolute atomic E-state index is 0. The first kappa shape index (κ1) is 20.2. The third-order valence-corrected chi connectivity index (χ3v) is 6.82. The number of nitrogens with two attached hydrogens (primary N) is 1. The molecule has 1 spiro atoms. The first-order valence-electron chi connectivity index (χ1n) is 8.62. The van der Waals surface area contributed by atoms with Crippen molar-refractivity contribution >= 4 is 41.6 Å². The van der Waals surface area contributed by atoms with Crippen molar-refractivity contribution in [1.82, 2.24) is 0 Å². The van der Waals surface area contributed by atoms with Gasteiger partial charge in [-0.05, 0) is 38.3 Å². The number of ether oxygens (including phenoxy) is 1. The Morgan fingerprint density at radius 1 is 1.44 bits per heavy atom. The maximum atomic E-state index is 12.8. The minimum atomic E-state index is -0.401. The molecule has 0 aromatic rings. The Morgan fingerprint density at radius 3 is 2.96 bits per heavy atom. The number of hydrogen-bond acceptors (Lipinski definition) is 6. The van der Waals surface area contributed by atoms with Gasteiger partial charge < -0.3 is 10.5 Å². The monoisotopic (exact) mass is 384 g/mol. The molecule has 1 fully saturated rings. The number of carbonyl (C=O) groups is 2. The van der Waals surface area contributed by atoms with E-state index >= 15 is 0 Å². The second-order valence-corrected chi connectivity index (χ2v) is 7.77. The molecule has 1 saturated heterocycles. The van der Waals surface area contributed by atoms with Crippen LogP contribution in [0.4, 0.5) is 0 Å². The van der Waals surface area contributed by atoms with Crippen molar-refractivity contribution in [2.75, 3.05) is 19.7 Å². The number of esters is 1. The van der Waals surface area contributed by atoms with E-state index in [0.717, 1.165) is 12.1 Å². The van der Waals surface area contributed by atoms with Crippen molar-refractivity contribution in [1.29, 1.82) is 0 Å². The molecule has 1 aliphatic carbocycles. The third kappa shape index (κ3) is 3.57. The summed E-state index contributed by atoms with van der Waals surface area (Å²) in [5, 5.41) is -0.375. The van der Waals surface area contributed by atoms with Crippen LogP contribution in [0.5, 0.6) is 0 Å². The third-order valence-electron chi connectivity index (χ3n) is 4.97. The van der Waals surface area contributed by atoms with Gasteiger partial charge in [-0.1, -0.05) is 18.2 Å². The number of carbonyl (C=O) groups excluding carboxylic acids is 2. The van der Waals surface area contributed by atoms with Crippen LogP contribution in [-0.2, 0) is 14.3 Å². The van der Waals surface area contributed by atoms with Crippen molar-refractivity contribution in [2.24, 2.45) is 22.6 Å². The van der Waals surface area contributed by atoms with E-state index in [-0.39, 0.29) is 40.1 Å². The molecule has 2 heterocycles. The second kappa shape index (κ2) is 8.52. The molecule has 5 nitrogen and oxygen atoms in total. The van der Waals surface area contributed by atoms with Crippen molar-refractivity contribution in [3.8, 4) is 0 Å². The van der Waals surface area contributed by atoms with Crippen molar-refractivity contribution < 1.29 is 14.3 Å². The van der Waals surface area contributed by atoms with Gasteiger partial charge >= 0.3 is 5.97 Å². The topological polar surface area (TPSA) is 81.8 Å². The van der Waals surface area contributed by atoms with E-state index in [1.807, 2.05) is 18.2 Å². The lowest BCUT2D eigenvalue weighted by molar-refractivity contribution is -0.151. The molecule has 2 N–H and O–H groups in total. The fourth-order valence-electron chi connectivity index (χ4n) is 3.93. The first-order valence-corrected chi connectivity index (χ1v) is 9.50. The van der Waals surface area contributed by atoms with Gasteiger partial charge in [0.05, 0.1) is 28.2 Å². The van der Waals surface area contributed by atoms with Gasteiger partial charge in [0.25, 0.3) is 0 Å². The summed E-state index contributed by atoms with van der Waals surface area (Å²) < 4.78 is 4.96. The van der Waals surface area contributed by atoms with E-state index in [1.54, 1.807) is 18.7 Å². The van der Waals surface area contributed by atoms with Crippen LogP contribution < -0.4 is 5.73 Å². The Bertz CT molecular complexity index is 619. The molecule has 2 aliphatic heterocycles. The highest BCUT2D eigenvalue weighted by Crippen LogP contribution is 2.57. The average molecular weight is 385 g/mol. The van der Waals surface area contributed by atoms with Gasteiger partial charge in [0.2, 0.25) is 0 Å². The van der Waals surface area contributed by atoms with E-state index in [1.165, 1.54) is 0 Å². The van der Waals surface area contributed by atoms with E-state index in [2.05, 4.69) is 11.1 Å². The Kier molecular flexibility index (Phi) is 6.88. The zero-order valence-electron chi connectivity index (χ0n) is 14.3. The second-order valence-electron chi connectivity index (χ2n) is 6.35. The summed E-state index contributed by atoms with van der Waals surface area (Å²) >= 11 is 1.59. The lowest BCUT2D eigenvalue weighted by atomic mass is 9.72. The first-order chi connectivity index (χ1) is 11.6. The molecule has 138 valence electrons. The molecule has 0 radical (unpaired) electrons. The molecular formula is C18H25ClN2O3S. The average Bonchev–Trinajstić information content (AvgIpc) is 2.93. The highest BCUT2D eigenvalue weighted by molar-refractivity contribution is 8.03. The molecule has 0 amide bonds. The number of nitrogens with zero attached hydrogens (tertiary/aromatic N) is 1. The molecule has 3 rings (SSSR count). The molecule has 4 unspecified atom stereocenters. The minimum Gasteiger partial charge on any atom is -0.466 e. The Hall–Kier alpha value is -1.11. The summed E-state index contributed by atoms with van der Waals surface area (Å²) in [6.07, 6.45) is 9.96. The van der Waals surface area contributed by atoms with Gasteiger partial charge in [-0.15, -0.1) is 24.2 Å². The van der Waals surface area contributed by atoms with E-state index in [4.69, 9.17) is 10.5 Å². The number of allylic oxidation sites excluding steroid dienone is 3. The number of halogens is 1. The molecule has 7 heteroatoms. The summed E-state index contributed by atoms with van der Waals surface area (Å²) in [5.41, 5.74) is 6.53. The van der Waals surface area contributed by atoms with Crippen LogP contribution in [-0.4, -0.2) is 47.2 Å². The van der Waals surface area contributed by atoms with Crippen LogP contribution in [0.25, 0.3) is 0 Å². The molecule has 0 aromatic heterocycles. The van der Waals surface area contributed by atoms with E-state index in [0.29, 0.717) is 32.5 Å². The summed E-state index contributed by atoms with van der Waals surface area (Å²) in [6.45, 7) is 3.31. The molecule has 3 aliphatic rings. The lowest BCUT2D eigenvalue weighted by Gasteiger charge is -2.37. The molecule has 0 bridgehead atoms. The number of ketones is 1. The van der Waals surface area contributed by atoms with Crippen LogP contribution in [0.2, 0.25) is 0 Å². The highest BCUT2D eigenvalue weighted by Gasteiger charge is 2.60. The summed E-state index contributed by atoms with van der Waals surface area (Å²) in [6, 6.07) is 0. The van der Waals surface area contributed by atoms with Gasteiger partial charge in [0, 0.05) is 13.0 Å². The smallest absolute Gasteiger partial charge is 0.310 e. The number of aliphatic imine (C=N–C) groups is 1. The normalized spacial score (nSPS) is 32.2. The van der Waals surface area contributed by atoms with Gasteiger partial charge in [-0.3, -0.25) is 14.6 Å². The number of hydrogen-bond donors (Lipinski definition) is 1. The highest BCUT2D eigenvalue weighted by atomic mass is 35.5. The standard InChI is InChI=1S/C18H24N2O3S.ClH/c1-2-23-17(22)15-12-8-11-20-14-7-3-4-9-18(12,14)24-16(15)13(21)6-5-10-19;/h3-4,7,9,12,15-16H,2,5-6,8,10-11,19H2,1H3;1H. The van der Waals surface area contributed by atoms with Crippen molar-refractivity contribution in [3.05, 3.63) is 24.3 Å². The predicted molar refractivity (Wildman–Crippen MR) is 103 cm³/mol. The van der Waals surface area contributed by atoms with Crippen LogP contribution in [0.1, 0.15) is 26.2 Å². The molecule has 4 atom stereocenters. The lowest BCUT2D eigenvalue weighted by Crippen LogP contribution is -2.45. The zero-order valence-corrected chi connectivity index (χ0v) is 16.0. The van der Waals surface area contributed by atoms with E-state index in [9.17, 15) is 9.59 Å². The summed E-state index contributed by atoms with van der Waals surface area (Å²) in [5.74, 6) is -0.485. The number of Topliss-reactive ketones (excluding diaryl/α,β-unsaturated/α-hetero) is 1.